The van der Waals surface area contributed by atoms with Crippen LogP contribution in [0.25, 0.3) is 0 Å². The third-order valence-corrected chi connectivity index (χ3v) is 6.84. The first-order chi connectivity index (χ1) is 16.3. The van der Waals surface area contributed by atoms with Crippen molar-refractivity contribution >= 4 is 21.6 Å². The molecule has 34 heavy (non-hydrogen) atoms. The maximum Gasteiger partial charge on any atom is 0.265 e. The van der Waals surface area contributed by atoms with Gasteiger partial charge in [0.05, 0.1) is 13.2 Å². The molecule has 1 aliphatic rings. The zero-order valence-electron chi connectivity index (χ0n) is 19.1. The lowest BCUT2D eigenvalue weighted by Gasteiger charge is -2.21. The fourth-order valence-electron chi connectivity index (χ4n) is 3.55. The van der Waals surface area contributed by atoms with E-state index in [1.54, 1.807) is 30.3 Å². The Morgan fingerprint density at radius 1 is 0.971 bits per heavy atom. The maximum atomic E-state index is 13.1. The number of fused-ring (bicyclic) bond motifs is 1. The summed E-state index contributed by atoms with van der Waals surface area (Å²) in [5.74, 6) is 1.01. The molecule has 178 valence electrons. The molecule has 3 aromatic rings. The number of ether oxygens (including phenoxy) is 3. The van der Waals surface area contributed by atoms with Crippen molar-refractivity contribution in [3.8, 4) is 17.2 Å². The number of rotatable bonds is 7. The largest absolute Gasteiger partial charge is 0.495 e. The van der Waals surface area contributed by atoms with Gasteiger partial charge in [0.25, 0.3) is 15.9 Å². The standard InChI is InChI=1S/C25H26N2O6S/c1-16-4-8-20(9-5-16)27-34(29,30)24-15-19(7-11-22(24)31-3)25(28)26-17(2)18-6-10-21-23(14-18)33-13-12-32-21/h4-11,14-15,17,27H,12-13H2,1-3H3,(H,26,28). The molecule has 1 unspecified atom stereocenters. The predicted molar refractivity (Wildman–Crippen MR) is 128 cm³/mol. The number of hydrogen-bond donors (Lipinski definition) is 2. The minimum atomic E-state index is -4.00. The van der Waals surface area contributed by atoms with Crippen LogP contribution in [0.3, 0.4) is 0 Å². The Balaban J connectivity index is 1.55. The quantitative estimate of drug-likeness (QED) is 0.526. The van der Waals surface area contributed by atoms with Crippen LogP contribution < -0.4 is 24.2 Å². The number of sulfonamides is 1. The van der Waals surface area contributed by atoms with Gasteiger partial charge >= 0.3 is 0 Å². The van der Waals surface area contributed by atoms with Crippen LogP contribution in [-0.4, -0.2) is 34.6 Å². The van der Waals surface area contributed by atoms with Gasteiger partial charge in [-0.25, -0.2) is 8.42 Å². The highest BCUT2D eigenvalue weighted by Gasteiger charge is 2.23. The van der Waals surface area contributed by atoms with Crippen LogP contribution >= 0.6 is 0 Å². The molecule has 1 aliphatic heterocycles. The van der Waals surface area contributed by atoms with E-state index in [9.17, 15) is 13.2 Å². The second-order valence-electron chi connectivity index (χ2n) is 7.94. The molecule has 0 fully saturated rings. The van der Waals surface area contributed by atoms with E-state index in [4.69, 9.17) is 14.2 Å². The van der Waals surface area contributed by atoms with Crippen molar-refractivity contribution in [2.24, 2.45) is 0 Å². The van der Waals surface area contributed by atoms with Gasteiger partial charge in [-0.1, -0.05) is 23.8 Å². The van der Waals surface area contributed by atoms with Gasteiger partial charge in [-0.2, -0.15) is 0 Å². The molecule has 0 saturated heterocycles. The monoisotopic (exact) mass is 482 g/mol. The fourth-order valence-corrected chi connectivity index (χ4v) is 4.81. The van der Waals surface area contributed by atoms with E-state index in [1.807, 2.05) is 26.0 Å². The molecule has 1 heterocycles. The van der Waals surface area contributed by atoms with Crippen molar-refractivity contribution < 1.29 is 27.4 Å². The Morgan fingerprint density at radius 3 is 2.38 bits per heavy atom. The summed E-state index contributed by atoms with van der Waals surface area (Å²) in [5.41, 5.74) is 2.44. The average molecular weight is 483 g/mol. The molecule has 0 saturated carbocycles. The molecule has 9 heteroatoms. The van der Waals surface area contributed by atoms with E-state index in [-0.39, 0.29) is 22.3 Å². The van der Waals surface area contributed by atoms with Crippen LogP contribution in [0.2, 0.25) is 0 Å². The minimum absolute atomic E-state index is 0.129. The van der Waals surface area contributed by atoms with Gasteiger partial charge in [0.15, 0.2) is 11.5 Å². The second kappa shape index (κ2) is 9.64. The summed E-state index contributed by atoms with van der Waals surface area (Å²) >= 11 is 0. The van der Waals surface area contributed by atoms with Gasteiger partial charge in [0, 0.05) is 11.3 Å². The topological polar surface area (TPSA) is 103 Å². The summed E-state index contributed by atoms with van der Waals surface area (Å²) < 4.78 is 45.1. The van der Waals surface area contributed by atoms with E-state index in [0.717, 1.165) is 11.1 Å². The summed E-state index contributed by atoms with van der Waals surface area (Å²) in [6.45, 7) is 4.72. The Kier molecular flexibility index (Phi) is 6.65. The predicted octanol–water partition coefficient (Wildman–Crippen LogP) is 4.07. The number of nitrogens with one attached hydrogen (secondary N) is 2. The maximum absolute atomic E-state index is 13.1. The molecular formula is C25H26N2O6S. The zero-order chi connectivity index (χ0) is 24.3. The summed E-state index contributed by atoms with van der Waals surface area (Å²) in [6.07, 6.45) is 0. The molecular weight excluding hydrogens is 456 g/mol. The van der Waals surface area contributed by atoms with Gasteiger partial charge in [-0.3, -0.25) is 9.52 Å². The van der Waals surface area contributed by atoms with Gasteiger partial charge in [-0.15, -0.1) is 0 Å². The van der Waals surface area contributed by atoms with E-state index >= 15 is 0 Å². The molecule has 0 spiro atoms. The highest BCUT2D eigenvalue weighted by atomic mass is 32.2. The van der Waals surface area contributed by atoms with Crippen molar-refractivity contribution in [1.29, 1.82) is 0 Å². The van der Waals surface area contributed by atoms with E-state index in [0.29, 0.717) is 30.4 Å². The van der Waals surface area contributed by atoms with Crippen molar-refractivity contribution in [1.82, 2.24) is 5.32 Å². The first-order valence-electron chi connectivity index (χ1n) is 10.7. The number of carbonyl (C=O) groups excluding carboxylic acids is 1. The van der Waals surface area contributed by atoms with Crippen molar-refractivity contribution in [3.05, 3.63) is 77.4 Å². The number of benzene rings is 3. The number of amides is 1. The van der Waals surface area contributed by atoms with E-state index in [1.165, 1.54) is 25.3 Å². The lowest BCUT2D eigenvalue weighted by Crippen LogP contribution is -2.27. The first-order valence-corrected chi connectivity index (χ1v) is 12.2. The van der Waals surface area contributed by atoms with Crippen LogP contribution in [0.1, 0.15) is 34.5 Å². The Hall–Kier alpha value is -3.72. The lowest BCUT2D eigenvalue weighted by atomic mass is 10.1. The molecule has 8 nitrogen and oxygen atoms in total. The molecule has 0 radical (unpaired) electrons. The average Bonchev–Trinajstić information content (AvgIpc) is 2.84. The normalized spacial score (nSPS) is 13.6. The van der Waals surface area contributed by atoms with Crippen LogP contribution in [0, 0.1) is 6.92 Å². The molecule has 0 bridgehead atoms. The number of methoxy groups -OCH3 is 1. The number of anilines is 1. The molecule has 0 aromatic heterocycles. The molecule has 2 N–H and O–H groups in total. The van der Waals surface area contributed by atoms with Crippen LogP contribution in [0.15, 0.2) is 65.6 Å². The first kappa shape index (κ1) is 23.4. The van der Waals surface area contributed by atoms with Gasteiger partial charge in [-0.05, 0) is 61.9 Å². The van der Waals surface area contributed by atoms with E-state index in [2.05, 4.69) is 10.0 Å². The molecule has 1 atom stereocenters. The number of carbonyl (C=O) groups is 1. The fraction of sp³-hybridized carbons (Fsp3) is 0.240. The Morgan fingerprint density at radius 2 is 1.68 bits per heavy atom. The molecule has 3 aromatic carbocycles. The summed E-state index contributed by atoms with van der Waals surface area (Å²) in [5, 5.41) is 2.90. The smallest absolute Gasteiger partial charge is 0.265 e. The molecule has 0 aliphatic carbocycles. The summed E-state index contributed by atoms with van der Waals surface area (Å²) in [4.78, 5) is 12.8. The zero-order valence-corrected chi connectivity index (χ0v) is 19.9. The van der Waals surface area contributed by atoms with Crippen molar-refractivity contribution in [3.63, 3.8) is 0 Å². The molecule has 4 rings (SSSR count). The Bertz CT molecular complexity index is 1310. The molecule has 1 amide bonds. The van der Waals surface area contributed by atoms with Crippen molar-refractivity contribution in [2.45, 2.75) is 24.8 Å². The highest BCUT2D eigenvalue weighted by molar-refractivity contribution is 7.92. The summed E-state index contributed by atoms with van der Waals surface area (Å²) in [6, 6.07) is 16.4. The van der Waals surface area contributed by atoms with Crippen LogP contribution in [-0.2, 0) is 10.0 Å². The third-order valence-electron chi connectivity index (χ3n) is 5.43. The van der Waals surface area contributed by atoms with E-state index < -0.39 is 15.9 Å². The Labute approximate surface area is 198 Å². The number of aryl methyl sites for hydroxylation is 1. The van der Waals surface area contributed by atoms with Gasteiger partial charge in [0.2, 0.25) is 0 Å². The number of hydrogen-bond acceptors (Lipinski definition) is 6. The van der Waals surface area contributed by atoms with Crippen LogP contribution in [0.4, 0.5) is 5.69 Å². The second-order valence-corrected chi connectivity index (χ2v) is 9.59. The summed E-state index contributed by atoms with van der Waals surface area (Å²) in [7, 11) is -2.62. The SMILES string of the molecule is COc1ccc(C(=O)NC(C)c2ccc3c(c2)OCCO3)cc1S(=O)(=O)Nc1ccc(C)cc1. The van der Waals surface area contributed by atoms with Crippen LogP contribution in [0.5, 0.6) is 17.2 Å². The highest BCUT2D eigenvalue weighted by Crippen LogP contribution is 2.33. The minimum Gasteiger partial charge on any atom is -0.495 e. The van der Waals surface area contributed by atoms with Crippen molar-refractivity contribution in [2.75, 3.05) is 25.0 Å². The van der Waals surface area contributed by atoms with Gasteiger partial charge < -0.3 is 19.5 Å². The van der Waals surface area contributed by atoms with Gasteiger partial charge in [0.1, 0.15) is 23.9 Å². The third kappa shape index (κ3) is 5.09. The lowest BCUT2D eigenvalue weighted by molar-refractivity contribution is 0.0939.